The number of urea groups is 1. The first-order valence-electron chi connectivity index (χ1n) is 6.21. The second-order valence-corrected chi connectivity index (χ2v) is 4.36. The molecule has 1 saturated heterocycles. The molecule has 0 radical (unpaired) electrons. The van der Waals surface area contributed by atoms with Crippen molar-refractivity contribution < 1.29 is 14.4 Å². The number of hydrogen-bond donors (Lipinski definition) is 0. The van der Waals surface area contributed by atoms with Crippen LogP contribution in [0.4, 0.5) is 4.79 Å². The fourth-order valence-corrected chi connectivity index (χ4v) is 2.04. The van der Waals surface area contributed by atoms with Crippen molar-refractivity contribution in [2.75, 3.05) is 6.54 Å². The molecule has 4 amide bonds. The Hall–Kier alpha value is -2.61. The fourth-order valence-electron chi connectivity index (χ4n) is 2.04. The van der Waals surface area contributed by atoms with Crippen LogP contribution in [0.3, 0.4) is 0 Å². The zero-order valence-corrected chi connectivity index (χ0v) is 11.3. The summed E-state index contributed by atoms with van der Waals surface area (Å²) in [5, 5.41) is 0. The first-order chi connectivity index (χ1) is 9.57. The smallest absolute Gasteiger partial charge is 0.263 e. The Morgan fingerprint density at radius 1 is 1.10 bits per heavy atom. The lowest BCUT2D eigenvalue weighted by Crippen LogP contribution is -2.35. The van der Waals surface area contributed by atoms with Crippen LogP contribution in [-0.2, 0) is 9.59 Å². The van der Waals surface area contributed by atoms with Crippen LogP contribution in [0.15, 0.2) is 30.3 Å². The molecule has 0 aromatic heterocycles. The van der Waals surface area contributed by atoms with Gasteiger partial charge in [-0.05, 0) is 19.4 Å². The van der Waals surface area contributed by atoms with E-state index in [1.807, 2.05) is 30.3 Å². The van der Waals surface area contributed by atoms with Crippen molar-refractivity contribution in [3.63, 3.8) is 0 Å². The van der Waals surface area contributed by atoms with Gasteiger partial charge in [0, 0.05) is 0 Å². The normalized spacial score (nSPS) is 16.2. The third kappa shape index (κ3) is 2.28. The molecule has 5 heteroatoms. The molecule has 1 aliphatic rings. The van der Waals surface area contributed by atoms with E-state index in [1.165, 1.54) is 0 Å². The van der Waals surface area contributed by atoms with Crippen LogP contribution < -0.4 is 0 Å². The van der Waals surface area contributed by atoms with Crippen LogP contribution in [0.25, 0.3) is 0 Å². The largest absolute Gasteiger partial charge is 0.335 e. The quantitative estimate of drug-likeness (QED) is 0.476. The molecule has 1 aliphatic heterocycles. The third-order valence-electron chi connectivity index (χ3n) is 3.17. The number of imide groups is 2. The minimum Gasteiger partial charge on any atom is -0.263 e. The van der Waals surface area contributed by atoms with Gasteiger partial charge in [0.1, 0.15) is 0 Å². The van der Waals surface area contributed by atoms with Crippen molar-refractivity contribution in [2.24, 2.45) is 0 Å². The molecule has 0 bridgehead atoms. The molecular weight excluding hydrogens is 256 g/mol. The van der Waals surface area contributed by atoms with Gasteiger partial charge in [-0.2, -0.15) is 0 Å². The minimum atomic E-state index is -0.819. The summed E-state index contributed by atoms with van der Waals surface area (Å²) in [5.41, 5.74) is 0.797. The van der Waals surface area contributed by atoms with E-state index in [1.54, 1.807) is 13.8 Å². The summed E-state index contributed by atoms with van der Waals surface area (Å²) < 4.78 is 0. The number of benzene rings is 1. The van der Waals surface area contributed by atoms with Crippen molar-refractivity contribution >= 4 is 17.8 Å². The maximum atomic E-state index is 12.2. The van der Waals surface area contributed by atoms with E-state index < -0.39 is 23.9 Å². The van der Waals surface area contributed by atoms with E-state index >= 15 is 0 Å². The van der Waals surface area contributed by atoms with E-state index in [2.05, 4.69) is 11.8 Å². The summed E-state index contributed by atoms with van der Waals surface area (Å²) in [6, 6.07) is 8.00. The fraction of sp³-hybridized carbons (Fsp3) is 0.267. The first-order valence-corrected chi connectivity index (χ1v) is 6.21. The molecule has 2 rings (SSSR count). The molecular formula is C15H14N2O3. The van der Waals surface area contributed by atoms with Gasteiger partial charge in [-0.15, -0.1) is 5.92 Å². The number of carbonyl (C=O) groups excluding carboxylic acids is 3. The zero-order chi connectivity index (χ0) is 14.7. The topological polar surface area (TPSA) is 57.7 Å². The highest BCUT2D eigenvalue weighted by Gasteiger charge is 2.46. The number of amides is 4. The van der Waals surface area contributed by atoms with E-state index in [4.69, 9.17) is 0 Å². The Labute approximate surface area is 117 Å². The van der Waals surface area contributed by atoms with Gasteiger partial charge in [-0.25, -0.2) is 14.6 Å². The Bertz CT molecular complexity index is 613. The molecule has 5 nitrogen and oxygen atoms in total. The van der Waals surface area contributed by atoms with Crippen LogP contribution in [0.1, 0.15) is 25.5 Å². The lowest BCUT2D eigenvalue weighted by atomic mass is 10.1. The van der Waals surface area contributed by atoms with E-state index in [-0.39, 0.29) is 6.54 Å². The predicted molar refractivity (Wildman–Crippen MR) is 72.3 cm³/mol. The Morgan fingerprint density at radius 2 is 1.75 bits per heavy atom. The maximum absolute atomic E-state index is 12.2. The second-order valence-electron chi connectivity index (χ2n) is 4.36. The summed E-state index contributed by atoms with van der Waals surface area (Å²) in [7, 11) is 0. The second kappa shape index (κ2) is 5.57. The van der Waals surface area contributed by atoms with Gasteiger partial charge < -0.3 is 0 Å². The van der Waals surface area contributed by atoms with Crippen molar-refractivity contribution in [2.45, 2.75) is 19.9 Å². The Morgan fingerprint density at radius 3 is 2.35 bits per heavy atom. The van der Waals surface area contributed by atoms with Crippen molar-refractivity contribution in [1.29, 1.82) is 0 Å². The first kappa shape index (κ1) is 13.8. The molecule has 1 aromatic rings. The molecule has 20 heavy (non-hydrogen) atoms. The summed E-state index contributed by atoms with van der Waals surface area (Å²) in [5.74, 6) is 3.61. The Balaban J connectivity index is 2.28. The predicted octanol–water partition coefficient (Wildman–Crippen LogP) is 1.56. The van der Waals surface area contributed by atoms with Crippen LogP contribution in [0.2, 0.25) is 0 Å². The number of nitrogens with zero attached hydrogens (tertiary/aromatic N) is 2. The van der Waals surface area contributed by atoms with Crippen molar-refractivity contribution in [3.8, 4) is 11.8 Å². The molecule has 0 saturated carbocycles. The van der Waals surface area contributed by atoms with E-state index in [0.29, 0.717) is 0 Å². The van der Waals surface area contributed by atoms with Crippen LogP contribution in [-0.4, -0.2) is 34.2 Å². The average Bonchev–Trinajstić information content (AvgIpc) is 2.68. The summed E-state index contributed by atoms with van der Waals surface area (Å²) in [4.78, 5) is 37.8. The molecule has 1 aromatic carbocycles. The number of carbonyl (C=O) groups is 3. The summed E-state index contributed by atoms with van der Waals surface area (Å²) >= 11 is 0. The van der Waals surface area contributed by atoms with Gasteiger partial charge in [-0.3, -0.25) is 9.59 Å². The van der Waals surface area contributed by atoms with Gasteiger partial charge in [0.2, 0.25) is 0 Å². The average molecular weight is 270 g/mol. The maximum Gasteiger partial charge on any atom is 0.335 e. The minimum absolute atomic E-state index is 0.0576. The van der Waals surface area contributed by atoms with Crippen LogP contribution in [0, 0.1) is 11.8 Å². The molecule has 0 spiro atoms. The zero-order valence-electron chi connectivity index (χ0n) is 11.3. The third-order valence-corrected chi connectivity index (χ3v) is 3.17. The van der Waals surface area contributed by atoms with Crippen molar-refractivity contribution in [1.82, 2.24) is 9.80 Å². The van der Waals surface area contributed by atoms with Crippen LogP contribution in [0.5, 0.6) is 0 Å². The van der Waals surface area contributed by atoms with E-state index in [9.17, 15) is 14.4 Å². The number of rotatable bonds is 3. The van der Waals surface area contributed by atoms with Gasteiger partial charge in [0.05, 0.1) is 12.6 Å². The monoisotopic (exact) mass is 270 g/mol. The van der Waals surface area contributed by atoms with Gasteiger partial charge in [0.15, 0.2) is 0 Å². The van der Waals surface area contributed by atoms with Gasteiger partial charge in [0.25, 0.3) is 0 Å². The molecule has 0 N–H and O–H groups in total. The Kier molecular flexibility index (Phi) is 3.85. The molecule has 1 atom stereocenters. The molecule has 0 unspecified atom stereocenters. The lowest BCUT2D eigenvalue weighted by molar-refractivity contribution is -0.143. The summed E-state index contributed by atoms with van der Waals surface area (Å²) in [6.45, 7) is 3.27. The van der Waals surface area contributed by atoms with E-state index in [0.717, 1.165) is 15.4 Å². The van der Waals surface area contributed by atoms with Gasteiger partial charge >= 0.3 is 17.8 Å². The van der Waals surface area contributed by atoms with Crippen LogP contribution >= 0.6 is 0 Å². The highest BCUT2D eigenvalue weighted by atomic mass is 16.2. The molecule has 1 heterocycles. The lowest BCUT2D eigenvalue weighted by Gasteiger charge is -2.21. The van der Waals surface area contributed by atoms with Gasteiger partial charge in [-0.1, -0.05) is 36.3 Å². The molecule has 0 aliphatic carbocycles. The molecule has 102 valence electrons. The highest BCUT2D eigenvalue weighted by molar-refractivity contribution is 6.44. The summed E-state index contributed by atoms with van der Waals surface area (Å²) in [6.07, 6.45) is 0. The highest BCUT2D eigenvalue weighted by Crippen LogP contribution is 2.25. The SMILES string of the molecule is CC#CCN1C(=O)C(=O)N([C@@H](C)c2ccccc2)C1=O. The molecule has 1 fully saturated rings. The standard InChI is InChI=1S/C15H14N2O3/c1-3-4-10-16-13(18)14(19)17(15(16)20)11(2)12-8-6-5-7-9-12/h5-9,11H,10H2,1-2H3/t11-/m0/s1. The van der Waals surface area contributed by atoms with Crippen molar-refractivity contribution in [3.05, 3.63) is 35.9 Å². The number of hydrogen-bond acceptors (Lipinski definition) is 3.